The lowest BCUT2D eigenvalue weighted by Gasteiger charge is -2.11. The fourth-order valence-electron chi connectivity index (χ4n) is 1.64. The van der Waals surface area contributed by atoms with Gasteiger partial charge in [0, 0.05) is 0 Å². The lowest BCUT2D eigenvalue weighted by Crippen LogP contribution is -2.20. The summed E-state index contributed by atoms with van der Waals surface area (Å²) >= 11 is 2.17. The third kappa shape index (κ3) is 3.86. The molecule has 0 radical (unpaired) electrons. The van der Waals surface area contributed by atoms with Crippen molar-refractivity contribution in [1.82, 2.24) is 0 Å². The van der Waals surface area contributed by atoms with Crippen LogP contribution in [-0.2, 0) is 4.79 Å². The third-order valence-electron chi connectivity index (χ3n) is 2.58. The topological polar surface area (TPSA) is 47.6 Å². The number of anilines is 1. The van der Waals surface area contributed by atoms with E-state index in [1.807, 2.05) is 36.4 Å². The van der Waals surface area contributed by atoms with Gasteiger partial charge in [-0.05, 0) is 46.9 Å². The summed E-state index contributed by atoms with van der Waals surface area (Å²) in [6, 6.07) is 14.8. The summed E-state index contributed by atoms with van der Waals surface area (Å²) in [6.07, 6.45) is 0. The van der Waals surface area contributed by atoms with E-state index in [0.717, 1.165) is 3.57 Å². The molecule has 2 aromatic carbocycles. The highest BCUT2D eigenvalue weighted by atomic mass is 127. The molecule has 0 aromatic heterocycles. The van der Waals surface area contributed by atoms with Gasteiger partial charge in [0.05, 0.1) is 16.4 Å². The monoisotopic (exact) mass is 383 g/mol. The zero-order chi connectivity index (χ0) is 14.4. The van der Waals surface area contributed by atoms with Crippen molar-refractivity contribution in [2.24, 2.45) is 0 Å². The second-order valence-corrected chi connectivity index (χ2v) is 5.13. The molecule has 2 aromatic rings. The molecule has 0 aliphatic rings. The molecule has 0 unspecified atom stereocenters. The van der Waals surface area contributed by atoms with Crippen molar-refractivity contribution in [1.29, 1.82) is 0 Å². The van der Waals surface area contributed by atoms with E-state index < -0.39 is 0 Å². The fourth-order valence-corrected chi connectivity index (χ4v) is 2.18. The highest BCUT2D eigenvalue weighted by molar-refractivity contribution is 14.1. The van der Waals surface area contributed by atoms with Crippen molar-refractivity contribution in [2.45, 2.75) is 0 Å². The van der Waals surface area contributed by atoms with Gasteiger partial charge in [-0.3, -0.25) is 4.79 Å². The first-order valence-corrected chi connectivity index (χ1v) is 7.09. The number of nitrogens with one attached hydrogen (secondary N) is 1. The number of carbonyl (C=O) groups is 1. The van der Waals surface area contributed by atoms with E-state index in [-0.39, 0.29) is 12.5 Å². The number of benzene rings is 2. The Kier molecular flexibility index (Phi) is 5.23. The summed E-state index contributed by atoms with van der Waals surface area (Å²) in [5, 5.41) is 2.76. The molecule has 0 aliphatic carbocycles. The molecule has 0 aliphatic heterocycles. The van der Waals surface area contributed by atoms with Crippen LogP contribution in [0.25, 0.3) is 0 Å². The highest BCUT2D eigenvalue weighted by Gasteiger charge is 2.08. The standard InChI is InChI=1S/C15H14INO3/c1-19-14-9-5-3-7-12(14)17-15(18)10-20-13-8-4-2-6-11(13)16/h2-9H,10H2,1H3,(H,17,18). The normalized spacial score (nSPS) is 9.90. The molecule has 0 spiro atoms. The van der Waals surface area contributed by atoms with Gasteiger partial charge < -0.3 is 14.8 Å². The highest BCUT2D eigenvalue weighted by Crippen LogP contribution is 2.23. The first kappa shape index (κ1) is 14.6. The Labute approximate surface area is 131 Å². The predicted octanol–water partition coefficient (Wildman–Crippen LogP) is 3.32. The van der Waals surface area contributed by atoms with Crippen molar-refractivity contribution in [3.8, 4) is 11.5 Å². The molecule has 0 heterocycles. The van der Waals surface area contributed by atoms with Crippen molar-refractivity contribution in [3.63, 3.8) is 0 Å². The second-order valence-electron chi connectivity index (χ2n) is 3.97. The molecule has 1 amide bonds. The number of amides is 1. The molecule has 5 heteroatoms. The van der Waals surface area contributed by atoms with E-state index in [4.69, 9.17) is 9.47 Å². The van der Waals surface area contributed by atoms with Crippen LogP contribution in [0.5, 0.6) is 11.5 Å². The maximum atomic E-state index is 11.9. The van der Waals surface area contributed by atoms with E-state index in [1.165, 1.54) is 0 Å². The Morgan fingerprint density at radius 2 is 1.75 bits per heavy atom. The Hall–Kier alpha value is -1.76. The summed E-state index contributed by atoms with van der Waals surface area (Å²) in [6.45, 7) is -0.0436. The van der Waals surface area contributed by atoms with Gasteiger partial charge >= 0.3 is 0 Å². The van der Waals surface area contributed by atoms with Crippen LogP contribution in [0.15, 0.2) is 48.5 Å². The Balaban J connectivity index is 1.95. The lowest BCUT2D eigenvalue weighted by molar-refractivity contribution is -0.118. The van der Waals surface area contributed by atoms with E-state index in [0.29, 0.717) is 17.2 Å². The Morgan fingerprint density at radius 1 is 1.10 bits per heavy atom. The third-order valence-corrected chi connectivity index (χ3v) is 3.47. The molecule has 1 N–H and O–H groups in total. The van der Waals surface area contributed by atoms with E-state index in [2.05, 4.69) is 27.9 Å². The molecular formula is C15H14INO3. The molecule has 0 fully saturated rings. The molecule has 0 atom stereocenters. The maximum absolute atomic E-state index is 11.9. The van der Waals surface area contributed by atoms with Crippen LogP contribution < -0.4 is 14.8 Å². The van der Waals surface area contributed by atoms with Crippen molar-refractivity contribution < 1.29 is 14.3 Å². The lowest BCUT2D eigenvalue weighted by atomic mass is 10.3. The number of hydrogen-bond acceptors (Lipinski definition) is 3. The van der Waals surface area contributed by atoms with Gasteiger partial charge in [-0.2, -0.15) is 0 Å². The quantitative estimate of drug-likeness (QED) is 0.806. The van der Waals surface area contributed by atoms with Crippen LogP contribution >= 0.6 is 22.6 Å². The summed E-state index contributed by atoms with van der Waals surface area (Å²) in [4.78, 5) is 11.9. The van der Waals surface area contributed by atoms with Crippen LogP contribution in [0.3, 0.4) is 0 Å². The minimum absolute atomic E-state index is 0.0436. The molecule has 2 rings (SSSR count). The predicted molar refractivity (Wildman–Crippen MR) is 86.3 cm³/mol. The molecule has 4 nitrogen and oxygen atoms in total. The van der Waals surface area contributed by atoms with Gasteiger partial charge in [0.15, 0.2) is 6.61 Å². The maximum Gasteiger partial charge on any atom is 0.262 e. The van der Waals surface area contributed by atoms with Gasteiger partial charge in [-0.1, -0.05) is 24.3 Å². The zero-order valence-corrected chi connectivity index (χ0v) is 13.1. The number of methoxy groups -OCH3 is 1. The van der Waals surface area contributed by atoms with E-state index in [9.17, 15) is 4.79 Å². The average Bonchev–Trinajstić information content (AvgIpc) is 2.47. The number of para-hydroxylation sites is 3. The van der Waals surface area contributed by atoms with Crippen LogP contribution in [0.1, 0.15) is 0 Å². The van der Waals surface area contributed by atoms with Gasteiger partial charge in [0.2, 0.25) is 0 Å². The van der Waals surface area contributed by atoms with Crippen molar-refractivity contribution in [3.05, 3.63) is 52.1 Å². The van der Waals surface area contributed by atoms with Gasteiger partial charge in [-0.15, -0.1) is 0 Å². The molecular weight excluding hydrogens is 369 g/mol. The number of rotatable bonds is 5. The van der Waals surface area contributed by atoms with Crippen molar-refractivity contribution >= 4 is 34.2 Å². The van der Waals surface area contributed by atoms with Crippen LogP contribution in [0.4, 0.5) is 5.69 Å². The molecule has 0 saturated carbocycles. The van der Waals surface area contributed by atoms with Crippen molar-refractivity contribution in [2.75, 3.05) is 19.0 Å². The molecule has 20 heavy (non-hydrogen) atoms. The molecule has 104 valence electrons. The minimum atomic E-state index is -0.228. The summed E-state index contributed by atoms with van der Waals surface area (Å²) < 4.78 is 11.6. The Bertz CT molecular complexity index is 601. The van der Waals surface area contributed by atoms with E-state index >= 15 is 0 Å². The Morgan fingerprint density at radius 3 is 2.45 bits per heavy atom. The van der Waals surface area contributed by atoms with Crippen LogP contribution in [0.2, 0.25) is 0 Å². The first-order valence-electron chi connectivity index (χ1n) is 6.01. The number of ether oxygens (including phenoxy) is 2. The number of hydrogen-bond donors (Lipinski definition) is 1. The van der Waals surface area contributed by atoms with E-state index in [1.54, 1.807) is 19.2 Å². The number of halogens is 1. The minimum Gasteiger partial charge on any atom is -0.495 e. The van der Waals surface area contributed by atoms with Gasteiger partial charge in [-0.25, -0.2) is 0 Å². The average molecular weight is 383 g/mol. The zero-order valence-electron chi connectivity index (χ0n) is 10.9. The second kappa shape index (κ2) is 7.14. The summed E-state index contributed by atoms with van der Waals surface area (Å²) in [7, 11) is 1.56. The largest absolute Gasteiger partial charge is 0.495 e. The first-order chi connectivity index (χ1) is 9.70. The fraction of sp³-hybridized carbons (Fsp3) is 0.133. The van der Waals surface area contributed by atoms with Crippen LogP contribution in [-0.4, -0.2) is 19.6 Å². The SMILES string of the molecule is COc1ccccc1NC(=O)COc1ccccc1I. The van der Waals surface area contributed by atoms with Gasteiger partial charge in [0.1, 0.15) is 11.5 Å². The van der Waals surface area contributed by atoms with Gasteiger partial charge in [0.25, 0.3) is 5.91 Å². The number of carbonyl (C=O) groups excluding carboxylic acids is 1. The smallest absolute Gasteiger partial charge is 0.262 e. The molecule has 0 bridgehead atoms. The summed E-state index contributed by atoms with van der Waals surface area (Å²) in [5.41, 5.74) is 0.631. The molecule has 0 saturated heterocycles. The van der Waals surface area contributed by atoms with Crippen LogP contribution in [0, 0.1) is 3.57 Å². The summed E-state index contributed by atoms with van der Waals surface area (Å²) in [5.74, 6) is 1.09.